The first kappa shape index (κ1) is 23.6. The summed E-state index contributed by atoms with van der Waals surface area (Å²) < 4.78 is 0. The zero-order valence-electron chi connectivity index (χ0n) is 19.5. The number of hydrogen-bond donors (Lipinski definition) is 0. The molecule has 0 nitrogen and oxygen atoms in total. The van der Waals surface area contributed by atoms with Crippen LogP contribution >= 0.6 is 17.2 Å². The Hall–Kier alpha value is -0.700. The second-order valence-electron chi connectivity index (χ2n) is 10.9. The average molecular weight is 415 g/mol. The molecule has 0 aliphatic heterocycles. The fourth-order valence-electron chi connectivity index (χ4n) is 4.42. The zero-order valence-corrected chi connectivity index (χ0v) is 21.5. The second kappa shape index (κ2) is 8.58. The molecule has 0 saturated heterocycles. The number of rotatable bonds is 4. The summed E-state index contributed by atoms with van der Waals surface area (Å²) in [6.45, 7) is 21.7. The third kappa shape index (κ3) is 5.46. The normalized spacial score (nSPS) is 13.2. The smallest absolute Gasteiger partial charge is 0.00577 e. The van der Waals surface area contributed by atoms with E-state index in [0.717, 1.165) is 6.16 Å². The van der Waals surface area contributed by atoms with Crippen LogP contribution in [0.5, 0.6) is 0 Å². The van der Waals surface area contributed by atoms with E-state index in [2.05, 4.69) is 114 Å². The lowest BCUT2D eigenvalue weighted by Crippen LogP contribution is -2.27. The van der Waals surface area contributed by atoms with E-state index in [4.69, 9.17) is 0 Å². The minimum atomic E-state index is -0.195. The minimum absolute atomic E-state index is 0.104. The van der Waals surface area contributed by atoms with Crippen molar-refractivity contribution >= 4 is 17.2 Å². The molecule has 0 aliphatic rings. The molecule has 2 aromatic carbocycles. The van der Waals surface area contributed by atoms with Gasteiger partial charge in [-0.25, -0.2) is 0 Å². The summed E-state index contributed by atoms with van der Waals surface area (Å²) in [4.78, 5) is 0. The van der Waals surface area contributed by atoms with Crippen molar-refractivity contribution in [3.63, 3.8) is 0 Å². The highest BCUT2D eigenvalue weighted by atomic mass is 31.1. The minimum Gasteiger partial charge on any atom is -0.133 e. The highest BCUT2D eigenvalue weighted by Gasteiger charge is 2.36. The molecule has 0 bridgehead atoms. The van der Waals surface area contributed by atoms with Gasteiger partial charge < -0.3 is 0 Å². The summed E-state index contributed by atoms with van der Waals surface area (Å²) in [5.41, 5.74) is 7.48. The van der Waals surface area contributed by atoms with Gasteiger partial charge >= 0.3 is 0 Å². The van der Waals surface area contributed by atoms with E-state index in [1.54, 1.807) is 11.1 Å². The first-order chi connectivity index (χ1) is 12.8. The predicted octanol–water partition coefficient (Wildman–Crippen LogP) is 8.61. The van der Waals surface area contributed by atoms with Crippen LogP contribution in [0, 0.1) is 0 Å². The standard InChI is InChI=1S/C26H40P2/c1-24(2,3)23-21(19-13-11-10-12-14-19)16-15-20(17-27)22(23)18-28(25(4,5)6)26(7,8)9/h10-16H,17-18,27H2,1-9H3. The van der Waals surface area contributed by atoms with Crippen molar-refractivity contribution in [1.29, 1.82) is 0 Å². The molecule has 0 aliphatic carbocycles. The van der Waals surface area contributed by atoms with Crippen molar-refractivity contribution in [2.24, 2.45) is 0 Å². The molecule has 1 unspecified atom stereocenters. The highest BCUT2D eigenvalue weighted by molar-refractivity contribution is 7.60. The van der Waals surface area contributed by atoms with Crippen molar-refractivity contribution in [2.75, 3.05) is 0 Å². The molecule has 0 N–H and O–H groups in total. The van der Waals surface area contributed by atoms with Gasteiger partial charge in [-0.1, -0.05) is 113 Å². The van der Waals surface area contributed by atoms with Crippen LogP contribution in [0.3, 0.4) is 0 Å². The van der Waals surface area contributed by atoms with E-state index in [9.17, 15) is 0 Å². The average Bonchev–Trinajstić information content (AvgIpc) is 2.56. The van der Waals surface area contributed by atoms with Crippen molar-refractivity contribution in [3.05, 3.63) is 59.2 Å². The summed E-state index contributed by atoms with van der Waals surface area (Å²) in [6, 6.07) is 15.7. The van der Waals surface area contributed by atoms with Crippen LogP contribution < -0.4 is 0 Å². The summed E-state index contributed by atoms with van der Waals surface area (Å²) in [6.07, 6.45) is 2.21. The lowest BCUT2D eigenvalue weighted by atomic mass is 9.78. The van der Waals surface area contributed by atoms with Crippen LogP contribution in [0.2, 0.25) is 0 Å². The molecule has 154 valence electrons. The fraction of sp³-hybridized carbons (Fsp3) is 0.538. The van der Waals surface area contributed by atoms with Gasteiger partial charge in [0.05, 0.1) is 0 Å². The molecule has 2 rings (SSSR count). The Kier molecular flexibility index (Phi) is 7.22. The Bertz CT molecular complexity index is 770. The van der Waals surface area contributed by atoms with Crippen LogP contribution in [0.4, 0.5) is 0 Å². The molecule has 0 aromatic heterocycles. The molecule has 1 atom stereocenters. The molecular formula is C26H40P2. The molecule has 0 saturated carbocycles. The van der Waals surface area contributed by atoms with Crippen LogP contribution in [-0.2, 0) is 17.7 Å². The van der Waals surface area contributed by atoms with Crippen molar-refractivity contribution < 1.29 is 0 Å². The van der Waals surface area contributed by atoms with Crippen LogP contribution in [0.1, 0.15) is 79.0 Å². The monoisotopic (exact) mass is 414 g/mol. The quantitative estimate of drug-likeness (QED) is 0.439. The Morgan fingerprint density at radius 3 is 1.71 bits per heavy atom. The molecular weight excluding hydrogens is 374 g/mol. The Labute approximate surface area is 177 Å². The van der Waals surface area contributed by atoms with E-state index >= 15 is 0 Å². The predicted molar refractivity (Wildman–Crippen MR) is 134 cm³/mol. The summed E-state index contributed by atoms with van der Waals surface area (Å²) in [7, 11) is 2.77. The van der Waals surface area contributed by atoms with Crippen LogP contribution in [-0.4, -0.2) is 10.3 Å². The number of hydrogen-bond acceptors (Lipinski definition) is 0. The maximum Gasteiger partial charge on any atom is -0.00577 e. The second-order valence-corrected chi connectivity index (χ2v) is 15.1. The highest BCUT2D eigenvalue weighted by Crippen LogP contribution is 2.62. The van der Waals surface area contributed by atoms with Gasteiger partial charge in [0.25, 0.3) is 0 Å². The van der Waals surface area contributed by atoms with Gasteiger partial charge in [-0.05, 0) is 55.9 Å². The lowest BCUT2D eigenvalue weighted by Gasteiger charge is -2.43. The van der Waals surface area contributed by atoms with Gasteiger partial charge in [-0.3, -0.25) is 0 Å². The maximum atomic E-state index is 2.97. The van der Waals surface area contributed by atoms with Gasteiger partial charge in [0.2, 0.25) is 0 Å². The lowest BCUT2D eigenvalue weighted by molar-refractivity contribution is 0.585. The van der Waals surface area contributed by atoms with E-state index in [1.807, 2.05) is 0 Å². The Morgan fingerprint density at radius 2 is 1.29 bits per heavy atom. The van der Waals surface area contributed by atoms with Crippen LogP contribution in [0.25, 0.3) is 11.1 Å². The van der Waals surface area contributed by atoms with Gasteiger partial charge in [0, 0.05) is 0 Å². The van der Waals surface area contributed by atoms with Gasteiger partial charge in [-0.15, -0.1) is 9.24 Å². The molecule has 0 fully saturated rings. The summed E-state index contributed by atoms with van der Waals surface area (Å²) in [5.74, 6) is 0. The Morgan fingerprint density at radius 1 is 0.750 bits per heavy atom. The maximum absolute atomic E-state index is 2.97. The molecule has 2 aromatic rings. The third-order valence-electron chi connectivity index (χ3n) is 5.40. The van der Waals surface area contributed by atoms with Crippen LogP contribution in [0.15, 0.2) is 42.5 Å². The number of benzene rings is 2. The third-order valence-corrected chi connectivity index (χ3v) is 9.71. The fourth-order valence-corrected chi connectivity index (χ4v) is 8.44. The van der Waals surface area contributed by atoms with Gasteiger partial charge in [0.15, 0.2) is 0 Å². The molecule has 2 heteroatoms. The molecule has 0 heterocycles. The molecule has 0 radical (unpaired) electrons. The summed E-state index contributed by atoms with van der Waals surface area (Å²) in [5, 5.41) is 0.646. The van der Waals surface area contributed by atoms with Crippen molar-refractivity contribution in [3.8, 4) is 11.1 Å². The van der Waals surface area contributed by atoms with E-state index < -0.39 is 0 Å². The largest absolute Gasteiger partial charge is 0.133 e. The van der Waals surface area contributed by atoms with E-state index in [1.165, 1.54) is 22.9 Å². The molecule has 0 spiro atoms. The van der Waals surface area contributed by atoms with E-state index in [-0.39, 0.29) is 13.3 Å². The topological polar surface area (TPSA) is 0 Å². The first-order valence-electron chi connectivity index (χ1n) is 10.5. The first-order valence-corrected chi connectivity index (χ1v) is 12.8. The van der Waals surface area contributed by atoms with Crippen molar-refractivity contribution in [2.45, 2.75) is 90.4 Å². The summed E-state index contributed by atoms with van der Waals surface area (Å²) >= 11 is 0. The Balaban J connectivity index is 2.78. The van der Waals surface area contributed by atoms with Gasteiger partial charge in [-0.2, -0.15) is 0 Å². The zero-order chi connectivity index (χ0) is 21.3. The van der Waals surface area contributed by atoms with E-state index in [0.29, 0.717) is 10.3 Å². The molecule has 0 amide bonds. The van der Waals surface area contributed by atoms with Gasteiger partial charge in [0.1, 0.15) is 0 Å². The van der Waals surface area contributed by atoms with Crippen molar-refractivity contribution in [1.82, 2.24) is 0 Å². The molecule has 28 heavy (non-hydrogen) atoms. The SMILES string of the molecule is CC(C)(C)c1c(-c2ccccc2)ccc(CP)c1CP(C(C)(C)C)C(C)(C)C.